The van der Waals surface area contributed by atoms with E-state index in [2.05, 4.69) is 18.1 Å². The molecule has 0 aromatic heterocycles. The second-order valence-corrected chi connectivity index (χ2v) is 4.99. The third kappa shape index (κ3) is 3.57. The van der Waals surface area contributed by atoms with Crippen LogP contribution < -0.4 is 0 Å². The van der Waals surface area contributed by atoms with Crippen molar-refractivity contribution in [2.75, 3.05) is 26.3 Å². The van der Waals surface area contributed by atoms with Crippen LogP contribution >= 0.6 is 0 Å². The first-order chi connectivity index (χ1) is 9.22. The van der Waals surface area contributed by atoms with Crippen molar-refractivity contribution in [1.29, 1.82) is 0 Å². The summed E-state index contributed by atoms with van der Waals surface area (Å²) in [6.45, 7) is 10.7. The van der Waals surface area contributed by atoms with Crippen LogP contribution in [0.5, 0.6) is 0 Å². The van der Waals surface area contributed by atoms with Gasteiger partial charge in [0.25, 0.3) is 0 Å². The predicted molar refractivity (Wildman–Crippen MR) is 76.4 cm³/mol. The molecule has 2 aliphatic rings. The number of halogens is 1. The van der Waals surface area contributed by atoms with Crippen molar-refractivity contribution in [2.24, 2.45) is 0 Å². The highest BCUT2D eigenvalue weighted by molar-refractivity contribution is 5.39. The molecule has 0 unspecified atom stereocenters. The van der Waals surface area contributed by atoms with E-state index in [4.69, 9.17) is 4.74 Å². The number of nitrogens with zero attached hydrogens (tertiary/aromatic N) is 1. The maximum absolute atomic E-state index is 14.2. The van der Waals surface area contributed by atoms with Crippen molar-refractivity contribution in [2.45, 2.75) is 25.7 Å². The van der Waals surface area contributed by atoms with Gasteiger partial charge in [0.1, 0.15) is 5.83 Å². The topological polar surface area (TPSA) is 12.5 Å². The average Bonchev–Trinajstić information content (AvgIpc) is 2.45. The summed E-state index contributed by atoms with van der Waals surface area (Å²) in [5.41, 5.74) is 2.93. The summed E-state index contributed by atoms with van der Waals surface area (Å²) >= 11 is 0. The lowest BCUT2D eigenvalue weighted by Crippen LogP contribution is -2.36. The zero-order chi connectivity index (χ0) is 13.7. The first-order valence-electron chi connectivity index (χ1n) is 6.93. The fourth-order valence-corrected chi connectivity index (χ4v) is 2.54. The Morgan fingerprint density at radius 3 is 2.74 bits per heavy atom. The van der Waals surface area contributed by atoms with Crippen molar-refractivity contribution in [3.8, 4) is 0 Å². The van der Waals surface area contributed by atoms with Gasteiger partial charge in [0.2, 0.25) is 0 Å². The van der Waals surface area contributed by atoms with E-state index in [1.165, 1.54) is 0 Å². The van der Waals surface area contributed by atoms with Crippen molar-refractivity contribution in [1.82, 2.24) is 4.90 Å². The Hall–Kier alpha value is -1.35. The largest absolute Gasteiger partial charge is 0.378 e. The van der Waals surface area contributed by atoms with Crippen molar-refractivity contribution < 1.29 is 9.13 Å². The summed E-state index contributed by atoms with van der Waals surface area (Å²) in [4.78, 5) is 2.11. The second kappa shape index (κ2) is 6.71. The fourth-order valence-electron chi connectivity index (χ4n) is 2.54. The van der Waals surface area contributed by atoms with E-state index in [1.807, 2.05) is 6.08 Å². The van der Waals surface area contributed by atoms with Crippen LogP contribution in [0.1, 0.15) is 25.7 Å². The third-order valence-corrected chi connectivity index (χ3v) is 3.70. The maximum atomic E-state index is 14.2. The minimum atomic E-state index is -0.0945. The monoisotopic (exact) mass is 263 g/mol. The van der Waals surface area contributed by atoms with E-state index in [-0.39, 0.29) is 5.83 Å². The number of rotatable bonds is 5. The van der Waals surface area contributed by atoms with Crippen LogP contribution in [0.25, 0.3) is 0 Å². The Morgan fingerprint density at radius 2 is 2.11 bits per heavy atom. The van der Waals surface area contributed by atoms with Crippen LogP contribution in [0, 0.1) is 0 Å². The summed E-state index contributed by atoms with van der Waals surface area (Å²) in [5, 5.41) is 0. The second-order valence-electron chi connectivity index (χ2n) is 4.99. The van der Waals surface area contributed by atoms with Crippen molar-refractivity contribution >= 4 is 0 Å². The van der Waals surface area contributed by atoms with E-state index in [1.54, 1.807) is 6.08 Å². The highest BCUT2D eigenvalue weighted by Gasteiger charge is 2.21. The van der Waals surface area contributed by atoms with Crippen LogP contribution in [-0.2, 0) is 4.74 Å². The lowest BCUT2D eigenvalue weighted by molar-refractivity contribution is 0.0507. The molecule has 1 fully saturated rings. The quantitative estimate of drug-likeness (QED) is 0.701. The first kappa shape index (κ1) is 14.1. The molecule has 0 spiro atoms. The molecule has 104 valence electrons. The fraction of sp³-hybridized carbons (Fsp3) is 0.500. The van der Waals surface area contributed by atoms with Gasteiger partial charge >= 0.3 is 0 Å². The van der Waals surface area contributed by atoms with Crippen LogP contribution in [0.4, 0.5) is 4.39 Å². The molecule has 0 saturated carbocycles. The molecule has 0 aromatic rings. The first-order valence-corrected chi connectivity index (χ1v) is 6.93. The highest BCUT2D eigenvalue weighted by Crippen LogP contribution is 2.32. The lowest BCUT2D eigenvalue weighted by atomic mass is 9.93. The summed E-state index contributed by atoms with van der Waals surface area (Å²) < 4.78 is 19.5. The van der Waals surface area contributed by atoms with Crippen molar-refractivity contribution in [3.63, 3.8) is 0 Å². The molecule has 2 nitrogen and oxygen atoms in total. The lowest BCUT2D eigenvalue weighted by Gasteiger charge is -2.33. The van der Waals surface area contributed by atoms with E-state index >= 15 is 0 Å². The van der Waals surface area contributed by atoms with Gasteiger partial charge in [-0.2, -0.15) is 0 Å². The van der Waals surface area contributed by atoms with E-state index in [0.717, 1.165) is 55.6 Å². The number of ether oxygens (including phenoxy) is 1. The SMILES string of the molecule is C=CCCC(=C)C1=CC(F)=C(N2CCOCC2)CC1. The molecular formula is C16H22FNO. The normalized spacial score (nSPS) is 20.3. The maximum Gasteiger partial charge on any atom is 0.142 e. The van der Waals surface area contributed by atoms with Gasteiger partial charge in [0, 0.05) is 13.1 Å². The zero-order valence-electron chi connectivity index (χ0n) is 11.5. The number of allylic oxidation sites excluding steroid dienone is 6. The van der Waals surface area contributed by atoms with Gasteiger partial charge in [-0.15, -0.1) is 6.58 Å². The molecule has 1 saturated heterocycles. The van der Waals surface area contributed by atoms with E-state index < -0.39 is 0 Å². The van der Waals surface area contributed by atoms with Crippen LogP contribution in [-0.4, -0.2) is 31.2 Å². The van der Waals surface area contributed by atoms with Crippen LogP contribution in [0.15, 0.2) is 48.0 Å². The highest BCUT2D eigenvalue weighted by atomic mass is 19.1. The Labute approximate surface area is 114 Å². The summed E-state index contributed by atoms with van der Waals surface area (Å²) in [6.07, 6.45) is 6.97. The van der Waals surface area contributed by atoms with Gasteiger partial charge in [0.15, 0.2) is 0 Å². The minimum absolute atomic E-state index is 0.0945. The predicted octanol–water partition coefficient (Wildman–Crippen LogP) is 3.74. The third-order valence-electron chi connectivity index (χ3n) is 3.70. The Morgan fingerprint density at radius 1 is 1.37 bits per heavy atom. The zero-order valence-corrected chi connectivity index (χ0v) is 11.5. The summed E-state index contributed by atoms with van der Waals surface area (Å²) in [7, 11) is 0. The number of hydrogen-bond acceptors (Lipinski definition) is 2. The Kier molecular flexibility index (Phi) is 4.97. The number of morpholine rings is 1. The molecule has 2 rings (SSSR count). The van der Waals surface area contributed by atoms with Gasteiger partial charge in [-0.25, -0.2) is 4.39 Å². The van der Waals surface area contributed by atoms with Crippen molar-refractivity contribution in [3.05, 3.63) is 48.0 Å². The molecule has 0 atom stereocenters. The standard InChI is InChI=1S/C16H22FNO/c1-3-4-5-13(2)14-6-7-16(15(17)12-14)18-8-10-19-11-9-18/h3,12H,1-2,4-11H2. The molecule has 0 bridgehead atoms. The Balaban J connectivity index is 2.05. The van der Waals surface area contributed by atoms with Gasteiger partial charge in [-0.3, -0.25) is 0 Å². The molecule has 0 radical (unpaired) electrons. The van der Waals surface area contributed by atoms with Gasteiger partial charge < -0.3 is 9.64 Å². The van der Waals surface area contributed by atoms with E-state index in [0.29, 0.717) is 13.2 Å². The smallest absolute Gasteiger partial charge is 0.142 e. The van der Waals surface area contributed by atoms with Gasteiger partial charge in [-0.05, 0) is 37.3 Å². The average molecular weight is 263 g/mol. The Bertz CT molecular complexity index is 416. The molecule has 0 aromatic carbocycles. The number of hydrogen-bond donors (Lipinski definition) is 0. The van der Waals surface area contributed by atoms with E-state index in [9.17, 15) is 4.39 Å². The molecular weight excluding hydrogens is 241 g/mol. The minimum Gasteiger partial charge on any atom is -0.378 e. The molecule has 1 aliphatic heterocycles. The van der Waals surface area contributed by atoms with Crippen LogP contribution in [0.2, 0.25) is 0 Å². The molecule has 0 N–H and O–H groups in total. The van der Waals surface area contributed by atoms with Gasteiger partial charge in [-0.1, -0.05) is 18.2 Å². The molecule has 1 heterocycles. The summed E-state index contributed by atoms with van der Waals surface area (Å²) in [6, 6.07) is 0. The molecule has 3 heteroatoms. The molecule has 0 amide bonds. The summed E-state index contributed by atoms with van der Waals surface area (Å²) in [5.74, 6) is -0.0945. The molecule has 19 heavy (non-hydrogen) atoms. The molecule has 1 aliphatic carbocycles. The van der Waals surface area contributed by atoms with Gasteiger partial charge in [0.05, 0.1) is 18.9 Å². The van der Waals surface area contributed by atoms with Crippen LogP contribution in [0.3, 0.4) is 0 Å².